The summed E-state index contributed by atoms with van der Waals surface area (Å²) >= 11 is 0. The number of rotatable bonds is 5. The molecule has 0 radical (unpaired) electrons. The summed E-state index contributed by atoms with van der Waals surface area (Å²) < 4.78 is 0. The topological polar surface area (TPSA) is 69.6 Å². The molecular weight excluding hydrogens is 232 g/mol. The average Bonchev–Trinajstić information content (AvgIpc) is 2.32. The zero-order chi connectivity index (χ0) is 13.5. The van der Waals surface area contributed by atoms with Gasteiger partial charge < -0.3 is 15.3 Å². The van der Waals surface area contributed by atoms with Gasteiger partial charge in [-0.25, -0.2) is 4.79 Å². The summed E-state index contributed by atoms with van der Waals surface area (Å²) in [6.45, 7) is 4.85. The van der Waals surface area contributed by atoms with Crippen molar-refractivity contribution in [2.24, 2.45) is 5.92 Å². The molecular formula is C13H24N2O3. The number of amides is 2. The Morgan fingerprint density at radius 1 is 1.33 bits per heavy atom. The van der Waals surface area contributed by atoms with Crippen molar-refractivity contribution in [3.63, 3.8) is 0 Å². The lowest BCUT2D eigenvalue weighted by Gasteiger charge is -2.32. The lowest BCUT2D eigenvalue weighted by atomic mass is 9.86. The van der Waals surface area contributed by atoms with Crippen molar-refractivity contribution in [1.82, 2.24) is 10.2 Å². The van der Waals surface area contributed by atoms with Crippen LogP contribution in [0.1, 0.15) is 46.0 Å². The third-order valence-corrected chi connectivity index (χ3v) is 3.68. The Morgan fingerprint density at radius 2 is 2.00 bits per heavy atom. The highest BCUT2D eigenvalue weighted by molar-refractivity contribution is 5.75. The summed E-state index contributed by atoms with van der Waals surface area (Å²) in [6.07, 6.45) is 4.59. The van der Waals surface area contributed by atoms with Crippen molar-refractivity contribution in [2.45, 2.75) is 52.0 Å². The Morgan fingerprint density at radius 3 is 2.56 bits per heavy atom. The van der Waals surface area contributed by atoms with Gasteiger partial charge in [-0.05, 0) is 25.7 Å². The minimum Gasteiger partial charge on any atom is -0.481 e. The van der Waals surface area contributed by atoms with E-state index in [0.29, 0.717) is 12.5 Å². The van der Waals surface area contributed by atoms with Gasteiger partial charge in [0.05, 0.1) is 6.42 Å². The van der Waals surface area contributed by atoms with Gasteiger partial charge in [0, 0.05) is 19.1 Å². The standard InChI is InChI=1S/C13H24N2O3/c1-3-15(9-8-12(16)17)13(18)14-11-7-5-4-6-10(11)2/h10-11H,3-9H2,1-2H3,(H,14,18)(H,16,17). The molecule has 0 aromatic rings. The Hall–Kier alpha value is -1.26. The van der Waals surface area contributed by atoms with Crippen molar-refractivity contribution in [1.29, 1.82) is 0 Å². The summed E-state index contributed by atoms with van der Waals surface area (Å²) in [5.41, 5.74) is 0. The minimum absolute atomic E-state index is 0.00147. The molecule has 0 aliphatic heterocycles. The number of carbonyl (C=O) groups excluding carboxylic acids is 1. The van der Waals surface area contributed by atoms with Crippen molar-refractivity contribution in [3.8, 4) is 0 Å². The van der Waals surface area contributed by atoms with E-state index >= 15 is 0 Å². The van der Waals surface area contributed by atoms with Crippen LogP contribution >= 0.6 is 0 Å². The maximum atomic E-state index is 12.0. The molecule has 1 rings (SSSR count). The van der Waals surface area contributed by atoms with E-state index in [4.69, 9.17) is 5.11 Å². The summed E-state index contributed by atoms with van der Waals surface area (Å²) in [5, 5.41) is 11.7. The molecule has 2 unspecified atom stereocenters. The third-order valence-electron chi connectivity index (χ3n) is 3.68. The Balaban J connectivity index is 2.43. The van der Waals surface area contributed by atoms with Crippen LogP contribution in [0.4, 0.5) is 4.79 Å². The number of hydrogen-bond donors (Lipinski definition) is 2. The second-order valence-corrected chi connectivity index (χ2v) is 5.04. The highest BCUT2D eigenvalue weighted by Gasteiger charge is 2.24. The third kappa shape index (κ3) is 4.55. The highest BCUT2D eigenvalue weighted by Crippen LogP contribution is 2.23. The summed E-state index contributed by atoms with van der Waals surface area (Å²) in [5.74, 6) is -0.354. The molecule has 18 heavy (non-hydrogen) atoms. The fraction of sp³-hybridized carbons (Fsp3) is 0.846. The molecule has 2 atom stereocenters. The zero-order valence-corrected chi connectivity index (χ0v) is 11.3. The van der Waals surface area contributed by atoms with Gasteiger partial charge in [0.1, 0.15) is 0 Å². The van der Waals surface area contributed by atoms with Gasteiger partial charge in [0.2, 0.25) is 0 Å². The van der Waals surface area contributed by atoms with Gasteiger partial charge in [-0.2, -0.15) is 0 Å². The van der Waals surface area contributed by atoms with Crippen molar-refractivity contribution in [3.05, 3.63) is 0 Å². The zero-order valence-electron chi connectivity index (χ0n) is 11.3. The molecule has 1 fully saturated rings. The minimum atomic E-state index is -0.868. The van der Waals surface area contributed by atoms with Gasteiger partial charge in [0.25, 0.3) is 0 Å². The summed E-state index contributed by atoms with van der Waals surface area (Å²) in [7, 11) is 0. The van der Waals surface area contributed by atoms with E-state index < -0.39 is 5.97 Å². The maximum Gasteiger partial charge on any atom is 0.317 e. The first kappa shape index (κ1) is 14.8. The number of carboxylic acid groups (broad SMARTS) is 1. The molecule has 2 N–H and O–H groups in total. The molecule has 0 saturated heterocycles. The molecule has 0 aromatic carbocycles. The molecule has 1 aliphatic carbocycles. The van der Waals surface area contributed by atoms with Crippen LogP contribution in [-0.2, 0) is 4.79 Å². The molecule has 1 aliphatic rings. The summed E-state index contributed by atoms with van der Waals surface area (Å²) in [6, 6.07) is 0.114. The fourth-order valence-electron chi connectivity index (χ4n) is 2.41. The largest absolute Gasteiger partial charge is 0.481 e. The predicted octanol–water partition coefficient (Wildman–Crippen LogP) is 2.07. The van der Waals surface area contributed by atoms with Crippen LogP contribution < -0.4 is 5.32 Å². The quantitative estimate of drug-likeness (QED) is 0.791. The molecule has 0 bridgehead atoms. The smallest absolute Gasteiger partial charge is 0.317 e. The molecule has 1 saturated carbocycles. The molecule has 2 amide bonds. The Labute approximate surface area is 109 Å². The van der Waals surface area contributed by atoms with Gasteiger partial charge >= 0.3 is 12.0 Å². The van der Waals surface area contributed by atoms with Gasteiger partial charge in [-0.1, -0.05) is 19.8 Å². The monoisotopic (exact) mass is 256 g/mol. The number of carboxylic acids is 1. The van der Waals surface area contributed by atoms with E-state index in [2.05, 4.69) is 12.2 Å². The fourth-order valence-corrected chi connectivity index (χ4v) is 2.41. The van der Waals surface area contributed by atoms with Crippen LogP contribution in [0.2, 0.25) is 0 Å². The van der Waals surface area contributed by atoms with Crippen molar-refractivity contribution in [2.75, 3.05) is 13.1 Å². The van der Waals surface area contributed by atoms with Crippen LogP contribution in [0, 0.1) is 5.92 Å². The van der Waals surface area contributed by atoms with Gasteiger partial charge in [-0.3, -0.25) is 4.79 Å². The lowest BCUT2D eigenvalue weighted by molar-refractivity contribution is -0.137. The van der Waals surface area contributed by atoms with Gasteiger partial charge in [-0.15, -0.1) is 0 Å². The number of urea groups is 1. The average molecular weight is 256 g/mol. The Kier molecular flexibility index (Phi) is 5.95. The Bertz CT molecular complexity index is 294. The molecule has 0 spiro atoms. The van der Waals surface area contributed by atoms with E-state index in [1.807, 2.05) is 6.92 Å². The van der Waals surface area contributed by atoms with Crippen molar-refractivity contribution < 1.29 is 14.7 Å². The number of carbonyl (C=O) groups is 2. The van der Waals surface area contributed by atoms with Crippen LogP contribution in [0.3, 0.4) is 0 Å². The van der Waals surface area contributed by atoms with Crippen LogP contribution in [0.25, 0.3) is 0 Å². The van der Waals surface area contributed by atoms with E-state index in [-0.39, 0.29) is 25.0 Å². The van der Waals surface area contributed by atoms with E-state index in [9.17, 15) is 9.59 Å². The van der Waals surface area contributed by atoms with Crippen molar-refractivity contribution >= 4 is 12.0 Å². The van der Waals surface area contributed by atoms with E-state index in [1.54, 1.807) is 4.90 Å². The van der Waals surface area contributed by atoms with E-state index in [1.165, 1.54) is 6.42 Å². The molecule has 104 valence electrons. The second-order valence-electron chi connectivity index (χ2n) is 5.04. The normalized spacial score (nSPS) is 23.4. The first-order valence-electron chi connectivity index (χ1n) is 6.81. The highest BCUT2D eigenvalue weighted by atomic mass is 16.4. The number of nitrogens with zero attached hydrogens (tertiary/aromatic N) is 1. The molecule has 0 heterocycles. The molecule has 0 aromatic heterocycles. The number of aliphatic carboxylic acids is 1. The lowest BCUT2D eigenvalue weighted by Crippen LogP contribution is -2.48. The molecule has 5 heteroatoms. The van der Waals surface area contributed by atoms with Gasteiger partial charge in [0.15, 0.2) is 0 Å². The van der Waals surface area contributed by atoms with E-state index in [0.717, 1.165) is 19.3 Å². The molecule has 5 nitrogen and oxygen atoms in total. The predicted molar refractivity (Wildman–Crippen MR) is 69.5 cm³/mol. The number of nitrogens with one attached hydrogen (secondary N) is 1. The first-order chi connectivity index (χ1) is 8.54. The number of hydrogen-bond acceptors (Lipinski definition) is 2. The van der Waals surface area contributed by atoms with Crippen LogP contribution in [-0.4, -0.2) is 41.1 Å². The maximum absolute atomic E-state index is 12.0. The summed E-state index contributed by atoms with van der Waals surface area (Å²) in [4.78, 5) is 24.1. The van der Waals surface area contributed by atoms with Crippen LogP contribution in [0.15, 0.2) is 0 Å². The van der Waals surface area contributed by atoms with Crippen LogP contribution in [0.5, 0.6) is 0 Å². The second kappa shape index (κ2) is 7.24. The first-order valence-corrected chi connectivity index (χ1v) is 6.81. The SMILES string of the molecule is CCN(CCC(=O)O)C(=O)NC1CCCCC1C.